The molecule has 0 heterocycles. The van der Waals surface area contributed by atoms with Crippen molar-refractivity contribution < 1.29 is 23.9 Å². The van der Waals surface area contributed by atoms with Gasteiger partial charge in [0.1, 0.15) is 12.2 Å². The van der Waals surface area contributed by atoms with Gasteiger partial charge in [-0.05, 0) is 26.3 Å². The average Bonchev–Trinajstić information content (AvgIpc) is 2.54. The molecule has 0 saturated heterocycles. The van der Waals surface area contributed by atoms with Crippen molar-refractivity contribution in [2.75, 3.05) is 12.3 Å². The maximum Gasteiger partial charge on any atom is 0.407 e. The van der Waals surface area contributed by atoms with Gasteiger partial charge in [-0.25, -0.2) is 9.59 Å². The molecule has 1 rings (SSSR count). The van der Waals surface area contributed by atoms with Crippen molar-refractivity contribution in [1.29, 1.82) is 0 Å². The molecule has 2 N–H and O–H groups in total. The van der Waals surface area contributed by atoms with E-state index in [-0.39, 0.29) is 18.3 Å². The second-order valence-electron chi connectivity index (χ2n) is 6.59. The van der Waals surface area contributed by atoms with Crippen LogP contribution in [0.25, 0.3) is 0 Å². The zero-order chi connectivity index (χ0) is 19.6. The Morgan fingerprint density at radius 2 is 1.77 bits per heavy atom. The van der Waals surface area contributed by atoms with Crippen molar-refractivity contribution in [2.24, 2.45) is 0 Å². The van der Waals surface area contributed by atoms with Crippen LogP contribution in [0.2, 0.25) is 0 Å². The van der Waals surface area contributed by atoms with Gasteiger partial charge < -0.3 is 20.1 Å². The summed E-state index contributed by atoms with van der Waals surface area (Å²) >= 11 is 1.06. The number of amides is 2. The molecule has 1 atom stereocenters. The van der Waals surface area contributed by atoms with Crippen LogP contribution in [-0.4, -0.2) is 41.2 Å². The van der Waals surface area contributed by atoms with E-state index in [1.807, 2.05) is 30.3 Å². The predicted octanol–water partition coefficient (Wildman–Crippen LogP) is 3.09. The number of rotatable bonds is 7. The molecule has 0 aliphatic heterocycles. The van der Waals surface area contributed by atoms with Gasteiger partial charge in [-0.1, -0.05) is 42.1 Å². The first-order valence-electron chi connectivity index (χ1n) is 8.23. The second-order valence-corrected chi connectivity index (χ2v) is 7.79. The average molecular weight is 382 g/mol. The van der Waals surface area contributed by atoms with Crippen LogP contribution in [0.3, 0.4) is 0 Å². The molecule has 0 aliphatic carbocycles. The lowest BCUT2D eigenvalue weighted by atomic mass is 10.2. The highest BCUT2D eigenvalue weighted by Gasteiger charge is 2.19. The highest BCUT2D eigenvalue weighted by molar-refractivity contribution is 8.13. The Balaban J connectivity index is 2.49. The van der Waals surface area contributed by atoms with Crippen LogP contribution in [0.1, 0.15) is 33.3 Å². The highest BCUT2D eigenvalue weighted by atomic mass is 32.2. The molecule has 26 heavy (non-hydrogen) atoms. The van der Waals surface area contributed by atoms with Gasteiger partial charge in [0.05, 0.1) is 6.04 Å². The summed E-state index contributed by atoms with van der Waals surface area (Å²) < 4.78 is 10.3. The third-order valence-electron chi connectivity index (χ3n) is 2.91. The largest absolute Gasteiger partial charge is 0.445 e. The Labute approximate surface area is 158 Å². The lowest BCUT2D eigenvalue weighted by molar-refractivity contribution is -0.109. The predicted molar refractivity (Wildman–Crippen MR) is 101 cm³/mol. The fraction of sp³-hybridized carbons (Fsp3) is 0.500. The van der Waals surface area contributed by atoms with Crippen molar-refractivity contribution in [3.8, 4) is 0 Å². The summed E-state index contributed by atoms with van der Waals surface area (Å²) in [5.41, 5.74) is 0.250. The molecule has 0 aromatic heterocycles. The van der Waals surface area contributed by atoms with Crippen molar-refractivity contribution in [1.82, 2.24) is 10.6 Å². The molecule has 0 aliphatic rings. The zero-order valence-corrected chi connectivity index (χ0v) is 16.4. The highest BCUT2D eigenvalue weighted by Crippen LogP contribution is 2.08. The Kier molecular flexibility index (Phi) is 8.98. The molecular weight excluding hydrogens is 356 g/mol. The standard InChI is InChI=1S/C18H26N2O5S/c1-13(21)26-12-15(10-19-16(22)25-18(2,3)4)20-17(23)24-11-14-8-6-5-7-9-14/h5-9,15H,10-12H2,1-4H3,(H,19,22)(H,20,23)/t15-/m1/s1. The molecule has 1 aromatic rings. The number of carbonyl (C=O) groups excluding carboxylic acids is 3. The molecule has 0 bridgehead atoms. The van der Waals surface area contributed by atoms with Gasteiger partial charge in [0.25, 0.3) is 0 Å². The van der Waals surface area contributed by atoms with Crippen molar-refractivity contribution in [3.63, 3.8) is 0 Å². The van der Waals surface area contributed by atoms with E-state index in [1.54, 1.807) is 20.8 Å². The Hall–Kier alpha value is -2.22. The van der Waals surface area contributed by atoms with E-state index in [0.29, 0.717) is 5.75 Å². The van der Waals surface area contributed by atoms with Gasteiger partial charge in [0.2, 0.25) is 0 Å². The van der Waals surface area contributed by atoms with E-state index in [4.69, 9.17) is 9.47 Å². The van der Waals surface area contributed by atoms with E-state index >= 15 is 0 Å². The number of hydrogen-bond acceptors (Lipinski definition) is 6. The summed E-state index contributed by atoms with van der Waals surface area (Å²) in [7, 11) is 0. The fourth-order valence-electron chi connectivity index (χ4n) is 1.82. The van der Waals surface area contributed by atoms with Crippen molar-refractivity contribution >= 4 is 29.1 Å². The summed E-state index contributed by atoms with van der Waals surface area (Å²) in [5, 5.41) is 5.17. The summed E-state index contributed by atoms with van der Waals surface area (Å²) in [5.74, 6) is 0.311. The lowest BCUT2D eigenvalue weighted by Gasteiger charge is -2.22. The first kappa shape index (κ1) is 21.8. The van der Waals surface area contributed by atoms with E-state index in [0.717, 1.165) is 17.3 Å². The number of benzene rings is 1. The Morgan fingerprint density at radius 1 is 1.12 bits per heavy atom. The molecule has 0 fully saturated rings. The van der Waals surface area contributed by atoms with Gasteiger partial charge in [-0.15, -0.1) is 0 Å². The minimum absolute atomic E-state index is 0.0771. The second kappa shape index (κ2) is 10.7. The molecule has 0 saturated carbocycles. The molecule has 0 spiro atoms. The number of thioether (sulfide) groups is 1. The minimum atomic E-state index is -0.617. The molecule has 0 unspecified atom stereocenters. The van der Waals surface area contributed by atoms with E-state index < -0.39 is 23.8 Å². The molecule has 0 radical (unpaired) electrons. The zero-order valence-electron chi connectivity index (χ0n) is 15.5. The third kappa shape index (κ3) is 10.6. The quantitative estimate of drug-likeness (QED) is 0.753. The number of hydrogen-bond donors (Lipinski definition) is 2. The summed E-state index contributed by atoms with van der Waals surface area (Å²) in [6, 6.07) is 8.81. The van der Waals surface area contributed by atoms with Gasteiger partial charge >= 0.3 is 12.2 Å². The topological polar surface area (TPSA) is 93.7 Å². The van der Waals surface area contributed by atoms with Crippen LogP contribution >= 0.6 is 11.8 Å². The molecule has 8 heteroatoms. The number of nitrogens with one attached hydrogen (secondary N) is 2. The molecule has 2 amide bonds. The molecule has 144 valence electrons. The maximum absolute atomic E-state index is 12.0. The summed E-state index contributed by atoms with van der Waals surface area (Å²) in [6.07, 6.45) is -1.20. The Bertz CT molecular complexity index is 601. The smallest absolute Gasteiger partial charge is 0.407 e. The SMILES string of the molecule is CC(=O)SC[C@@H](CNC(=O)OC(C)(C)C)NC(=O)OCc1ccccc1. The first-order valence-corrected chi connectivity index (χ1v) is 9.21. The van der Waals surface area contributed by atoms with Crippen LogP contribution in [-0.2, 0) is 20.9 Å². The maximum atomic E-state index is 12.0. The summed E-state index contributed by atoms with van der Waals surface area (Å²) in [6.45, 7) is 6.98. The van der Waals surface area contributed by atoms with Crippen LogP contribution in [0.15, 0.2) is 30.3 Å². The van der Waals surface area contributed by atoms with Crippen LogP contribution < -0.4 is 10.6 Å². The third-order valence-corrected chi connectivity index (χ3v) is 3.89. The summed E-state index contributed by atoms with van der Waals surface area (Å²) in [4.78, 5) is 34.9. The molecular formula is C18H26N2O5S. The van der Waals surface area contributed by atoms with E-state index in [9.17, 15) is 14.4 Å². The van der Waals surface area contributed by atoms with Gasteiger partial charge in [0.15, 0.2) is 5.12 Å². The van der Waals surface area contributed by atoms with E-state index in [2.05, 4.69) is 10.6 Å². The van der Waals surface area contributed by atoms with E-state index in [1.165, 1.54) is 6.92 Å². The van der Waals surface area contributed by atoms with Crippen molar-refractivity contribution in [3.05, 3.63) is 35.9 Å². The van der Waals surface area contributed by atoms with Crippen LogP contribution in [0.5, 0.6) is 0 Å². The lowest BCUT2D eigenvalue weighted by Crippen LogP contribution is -2.46. The van der Waals surface area contributed by atoms with Gasteiger partial charge in [-0.3, -0.25) is 4.79 Å². The molecule has 7 nitrogen and oxygen atoms in total. The van der Waals surface area contributed by atoms with Gasteiger partial charge in [0, 0.05) is 19.2 Å². The first-order chi connectivity index (χ1) is 12.2. The normalized spacial score (nSPS) is 12.0. The van der Waals surface area contributed by atoms with Crippen LogP contribution in [0, 0.1) is 0 Å². The van der Waals surface area contributed by atoms with Gasteiger partial charge in [-0.2, -0.15) is 0 Å². The number of carbonyl (C=O) groups is 3. The monoisotopic (exact) mass is 382 g/mol. The number of ether oxygens (including phenoxy) is 2. The van der Waals surface area contributed by atoms with Crippen molar-refractivity contribution in [2.45, 2.75) is 45.9 Å². The number of alkyl carbamates (subject to hydrolysis) is 2. The Morgan fingerprint density at radius 3 is 2.35 bits per heavy atom. The fourth-order valence-corrected chi connectivity index (χ4v) is 2.46. The minimum Gasteiger partial charge on any atom is -0.445 e. The van der Waals surface area contributed by atoms with Crippen LogP contribution in [0.4, 0.5) is 9.59 Å². The molecule has 1 aromatic carbocycles.